The summed E-state index contributed by atoms with van der Waals surface area (Å²) in [5, 5.41) is 6.51. The van der Waals surface area contributed by atoms with Gasteiger partial charge in [-0.25, -0.2) is 4.39 Å². The van der Waals surface area contributed by atoms with E-state index in [1.165, 1.54) is 6.07 Å². The van der Waals surface area contributed by atoms with Crippen molar-refractivity contribution in [2.24, 2.45) is 0 Å². The van der Waals surface area contributed by atoms with Crippen LogP contribution in [-0.4, -0.2) is 5.16 Å². The summed E-state index contributed by atoms with van der Waals surface area (Å²) in [5.74, 6) is 0.233. The molecular weight excluding hydrogens is 197 g/mol. The number of benzene rings is 1. The van der Waals surface area contributed by atoms with Gasteiger partial charge in [0.15, 0.2) is 5.76 Å². The van der Waals surface area contributed by atoms with Crippen molar-refractivity contribution in [3.63, 3.8) is 0 Å². The van der Waals surface area contributed by atoms with Crippen molar-refractivity contribution < 1.29 is 8.91 Å². The molecule has 0 fully saturated rings. The van der Waals surface area contributed by atoms with E-state index in [1.54, 1.807) is 24.4 Å². The van der Waals surface area contributed by atoms with Crippen LogP contribution < -0.4 is 11.1 Å². The second-order valence-corrected chi connectivity index (χ2v) is 3.03. The molecule has 5 heteroatoms. The Bertz CT molecular complexity index is 442. The van der Waals surface area contributed by atoms with Crippen molar-refractivity contribution in [3.05, 3.63) is 42.0 Å². The Morgan fingerprint density at radius 1 is 1.40 bits per heavy atom. The van der Waals surface area contributed by atoms with Crippen LogP contribution in [0.4, 0.5) is 15.8 Å². The molecule has 3 N–H and O–H groups in total. The first kappa shape index (κ1) is 9.51. The van der Waals surface area contributed by atoms with Gasteiger partial charge in [0.1, 0.15) is 5.82 Å². The van der Waals surface area contributed by atoms with Crippen LogP contribution in [0.3, 0.4) is 0 Å². The molecule has 0 spiro atoms. The van der Waals surface area contributed by atoms with Gasteiger partial charge < -0.3 is 15.6 Å². The van der Waals surface area contributed by atoms with Crippen molar-refractivity contribution in [2.75, 3.05) is 11.1 Å². The minimum atomic E-state index is -0.433. The van der Waals surface area contributed by atoms with Crippen LogP contribution >= 0.6 is 0 Å². The van der Waals surface area contributed by atoms with E-state index in [9.17, 15) is 4.39 Å². The minimum Gasteiger partial charge on any atom is -0.395 e. The van der Waals surface area contributed by atoms with Crippen LogP contribution in [0, 0.1) is 5.82 Å². The first-order valence-electron chi connectivity index (χ1n) is 4.45. The lowest BCUT2D eigenvalue weighted by Gasteiger charge is -2.07. The van der Waals surface area contributed by atoms with Gasteiger partial charge in [-0.1, -0.05) is 11.2 Å². The van der Waals surface area contributed by atoms with E-state index in [0.717, 1.165) is 0 Å². The molecule has 0 bridgehead atoms. The van der Waals surface area contributed by atoms with Crippen LogP contribution in [0.1, 0.15) is 5.76 Å². The maximum absolute atomic E-state index is 13.0. The number of hydrogen-bond donors (Lipinski definition) is 2. The summed E-state index contributed by atoms with van der Waals surface area (Å²) < 4.78 is 17.9. The SMILES string of the molecule is Nc1c(F)cccc1NCc1ccno1. The Morgan fingerprint density at radius 2 is 2.27 bits per heavy atom. The highest BCUT2D eigenvalue weighted by Gasteiger charge is 2.04. The Kier molecular flexibility index (Phi) is 2.53. The first-order chi connectivity index (χ1) is 7.27. The highest BCUT2D eigenvalue weighted by Crippen LogP contribution is 2.21. The van der Waals surface area contributed by atoms with E-state index in [0.29, 0.717) is 18.0 Å². The third-order valence-electron chi connectivity index (χ3n) is 2.00. The first-order valence-corrected chi connectivity index (χ1v) is 4.45. The Balaban J connectivity index is 2.08. The van der Waals surface area contributed by atoms with Crippen LogP contribution in [0.25, 0.3) is 0 Å². The number of anilines is 2. The van der Waals surface area contributed by atoms with Gasteiger partial charge >= 0.3 is 0 Å². The Hall–Kier alpha value is -2.04. The third kappa shape index (κ3) is 2.07. The summed E-state index contributed by atoms with van der Waals surface area (Å²) in [6.07, 6.45) is 1.55. The molecule has 0 atom stereocenters. The molecule has 15 heavy (non-hydrogen) atoms. The molecule has 0 saturated heterocycles. The van der Waals surface area contributed by atoms with E-state index < -0.39 is 5.82 Å². The van der Waals surface area contributed by atoms with E-state index in [2.05, 4.69) is 10.5 Å². The number of nitrogen functional groups attached to an aromatic ring is 1. The molecule has 0 unspecified atom stereocenters. The maximum atomic E-state index is 13.0. The predicted molar refractivity (Wildman–Crippen MR) is 54.6 cm³/mol. The van der Waals surface area contributed by atoms with Crippen LogP contribution in [0.5, 0.6) is 0 Å². The highest BCUT2D eigenvalue weighted by atomic mass is 19.1. The van der Waals surface area contributed by atoms with Gasteiger partial charge in [-0.3, -0.25) is 0 Å². The quantitative estimate of drug-likeness (QED) is 0.755. The molecule has 4 nitrogen and oxygen atoms in total. The molecule has 1 aromatic heterocycles. The van der Waals surface area contributed by atoms with Gasteiger partial charge in [0.25, 0.3) is 0 Å². The number of nitrogens with two attached hydrogens (primary N) is 1. The van der Waals surface area contributed by atoms with Crippen molar-refractivity contribution in [3.8, 4) is 0 Å². The van der Waals surface area contributed by atoms with E-state index in [-0.39, 0.29) is 5.69 Å². The summed E-state index contributed by atoms with van der Waals surface area (Å²) in [6.45, 7) is 0.424. The summed E-state index contributed by atoms with van der Waals surface area (Å²) in [7, 11) is 0. The van der Waals surface area contributed by atoms with Gasteiger partial charge in [-0.05, 0) is 12.1 Å². The number of nitrogens with zero attached hydrogens (tertiary/aromatic N) is 1. The zero-order valence-electron chi connectivity index (χ0n) is 7.90. The Morgan fingerprint density at radius 3 is 3.00 bits per heavy atom. The van der Waals surface area contributed by atoms with Crippen molar-refractivity contribution in [2.45, 2.75) is 6.54 Å². The summed E-state index contributed by atoms with van der Waals surface area (Å²) >= 11 is 0. The van der Waals surface area contributed by atoms with Crippen molar-refractivity contribution >= 4 is 11.4 Å². The van der Waals surface area contributed by atoms with Gasteiger partial charge in [-0.2, -0.15) is 0 Å². The molecule has 78 valence electrons. The average Bonchev–Trinajstić information content (AvgIpc) is 2.73. The number of nitrogens with one attached hydrogen (secondary N) is 1. The van der Waals surface area contributed by atoms with Crippen LogP contribution in [-0.2, 0) is 6.54 Å². The zero-order valence-corrected chi connectivity index (χ0v) is 7.90. The molecule has 0 aliphatic carbocycles. The van der Waals surface area contributed by atoms with Crippen molar-refractivity contribution in [1.82, 2.24) is 5.16 Å². The monoisotopic (exact) mass is 207 g/mol. The van der Waals surface area contributed by atoms with Gasteiger partial charge in [-0.15, -0.1) is 0 Å². The smallest absolute Gasteiger partial charge is 0.155 e. The third-order valence-corrected chi connectivity index (χ3v) is 2.00. The minimum absolute atomic E-state index is 0.108. The summed E-state index contributed by atoms with van der Waals surface area (Å²) in [5.41, 5.74) is 6.19. The van der Waals surface area contributed by atoms with E-state index >= 15 is 0 Å². The van der Waals surface area contributed by atoms with Crippen molar-refractivity contribution in [1.29, 1.82) is 0 Å². The number of para-hydroxylation sites is 1. The van der Waals surface area contributed by atoms with E-state index in [1.807, 2.05) is 0 Å². The number of hydrogen-bond acceptors (Lipinski definition) is 4. The topological polar surface area (TPSA) is 64.1 Å². The molecule has 0 aliphatic heterocycles. The summed E-state index contributed by atoms with van der Waals surface area (Å²) in [4.78, 5) is 0. The average molecular weight is 207 g/mol. The predicted octanol–water partition coefficient (Wildman–Crippen LogP) is 2.01. The highest BCUT2D eigenvalue weighted by molar-refractivity contribution is 5.66. The lowest BCUT2D eigenvalue weighted by Crippen LogP contribution is -2.03. The molecule has 0 radical (unpaired) electrons. The second-order valence-electron chi connectivity index (χ2n) is 3.03. The lowest BCUT2D eigenvalue weighted by atomic mass is 10.2. The zero-order chi connectivity index (χ0) is 10.7. The largest absolute Gasteiger partial charge is 0.395 e. The molecule has 0 saturated carbocycles. The summed E-state index contributed by atoms with van der Waals surface area (Å²) in [6, 6.07) is 6.33. The second kappa shape index (κ2) is 4.00. The number of halogens is 1. The van der Waals surface area contributed by atoms with E-state index in [4.69, 9.17) is 10.3 Å². The molecular formula is C10H10FN3O. The lowest BCUT2D eigenvalue weighted by molar-refractivity contribution is 0.388. The number of aromatic nitrogens is 1. The fourth-order valence-corrected chi connectivity index (χ4v) is 1.21. The molecule has 2 rings (SSSR count). The molecule has 0 aliphatic rings. The van der Waals surface area contributed by atoms with Gasteiger partial charge in [0, 0.05) is 6.07 Å². The maximum Gasteiger partial charge on any atom is 0.155 e. The standard InChI is InChI=1S/C10H10FN3O/c11-8-2-1-3-9(10(8)12)13-6-7-4-5-14-15-7/h1-5,13H,6,12H2. The molecule has 1 heterocycles. The Labute approximate surface area is 85.9 Å². The molecule has 1 aromatic carbocycles. The van der Waals surface area contributed by atoms with Crippen LogP contribution in [0.2, 0.25) is 0 Å². The molecule has 2 aromatic rings. The van der Waals surface area contributed by atoms with Gasteiger partial charge in [0.05, 0.1) is 24.1 Å². The number of rotatable bonds is 3. The normalized spacial score (nSPS) is 10.2. The fourth-order valence-electron chi connectivity index (χ4n) is 1.21. The van der Waals surface area contributed by atoms with Crippen LogP contribution in [0.15, 0.2) is 35.0 Å². The molecule has 0 amide bonds. The van der Waals surface area contributed by atoms with Gasteiger partial charge in [0.2, 0.25) is 0 Å². The fraction of sp³-hybridized carbons (Fsp3) is 0.100.